The zero-order valence-electron chi connectivity index (χ0n) is 35.5. The Balaban J connectivity index is 1.53. The second-order valence-electron chi connectivity index (χ2n) is 18.1. The molecule has 4 bridgehead atoms. The Kier molecular flexibility index (Phi) is 10.9. The van der Waals surface area contributed by atoms with Crippen LogP contribution in [-0.2, 0) is 25.5 Å². The summed E-state index contributed by atoms with van der Waals surface area (Å²) < 4.78 is 34.0. The van der Waals surface area contributed by atoms with E-state index in [4.69, 9.17) is 29.4 Å². The maximum absolute atomic E-state index is 15.4. The number of esters is 1. The zero-order valence-corrected chi connectivity index (χ0v) is 35.5. The van der Waals surface area contributed by atoms with Crippen LogP contribution in [0, 0.1) is 35.0 Å². The molecule has 312 valence electrons. The van der Waals surface area contributed by atoms with Gasteiger partial charge in [0.05, 0.1) is 48.1 Å². The number of ether oxygens (including phenoxy) is 5. The van der Waals surface area contributed by atoms with Gasteiger partial charge in [-0.3, -0.25) is 4.79 Å². The number of nitrogens with zero attached hydrogens (tertiary/aromatic N) is 1. The first-order valence-electron chi connectivity index (χ1n) is 20.7. The molecule has 58 heavy (non-hydrogen) atoms. The molecule has 12 nitrogen and oxygen atoms in total. The van der Waals surface area contributed by atoms with Crippen molar-refractivity contribution in [3.8, 4) is 23.3 Å². The Morgan fingerprint density at radius 1 is 1.10 bits per heavy atom. The lowest BCUT2D eigenvalue weighted by molar-refractivity contribution is -0.224. The third kappa shape index (κ3) is 6.36. The molecule has 3 saturated carbocycles. The van der Waals surface area contributed by atoms with Crippen LogP contribution in [0.2, 0.25) is 0 Å². The number of allylic oxidation sites excluding steroid dienone is 5. The second-order valence-corrected chi connectivity index (χ2v) is 18.1. The van der Waals surface area contributed by atoms with Gasteiger partial charge in [0.25, 0.3) is 0 Å². The molecule has 1 saturated heterocycles. The third-order valence-electron chi connectivity index (χ3n) is 13.4. The van der Waals surface area contributed by atoms with E-state index in [1.807, 2.05) is 13.8 Å². The summed E-state index contributed by atoms with van der Waals surface area (Å²) >= 11 is 0. The number of carbonyl (C=O) groups excluding carboxylic acids is 2. The van der Waals surface area contributed by atoms with Crippen LogP contribution in [0.4, 0.5) is 0 Å². The minimum Gasteiger partial charge on any atom is -0.491 e. The number of hydrogen-bond donors (Lipinski definition) is 4. The first kappa shape index (κ1) is 41.6. The van der Waals surface area contributed by atoms with Gasteiger partial charge in [0, 0.05) is 54.3 Å². The van der Waals surface area contributed by atoms with Gasteiger partial charge in [-0.1, -0.05) is 29.4 Å². The molecule has 0 aromatic heterocycles. The number of aliphatic hydroxyl groups excluding tert-OH is 1. The molecule has 0 amide bonds. The molecule has 4 fully saturated rings. The molecular weight excluding hydrogens is 737 g/mol. The molecule has 5 N–H and O–H groups in total. The van der Waals surface area contributed by atoms with Crippen molar-refractivity contribution in [3.63, 3.8) is 0 Å². The second kappa shape index (κ2) is 15.2. The van der Waals surface area contributed by atoms with Crippen LogP contribution >= 0.6 is 0 Å². The molecular formula is C46H60N4O8. The van der Waals surface area contributed by atoms with E-state index in [-0.39, 0.29) is 37.2 Å². The van der Waals surface area contributed by atoms with E-state index >= 15 is 4.79 Å². The van der Waals surface area contributed by atoms with Crippen molar-refractivity contribution in [2.45, 2.75) is 116 Å². The minimum atomic E-state index is -1.51. The molecule has 1 spiro atoms. The number of ketones is 1. The highest BCUT2D eigenvalue weighted by molar-refractivity contribution is 5.96. The van der Waals surface area contributed by atoms with E-state index in [1.165, 1.54) is 12.7 Å². The largest absolute Gasteiger partial charge is 0.491 e. The molecule has 4 aliphatic heterocycles. The molecule has 8 rings (SSSR count). The molecule has 12 heteroatoms. The van der Waals surface area contributed by atoms with E-state index < -0.39 is 52.2 Å². The maximum Gasteiger partial charge on any atom is 0.333 e. The number of hydrogen-bond acceptors (Lipinski definition) is 12. The van der Waals surface area contributed by atoms with Gasteiger partial charge in [-0.05, 0) is 93.2 Å². The Morgan fingerprint density at radius 2 is 1.84 bits per heavy atom. The minimum absolute atomic E-state index is 0.000844. The average Bonchev–Trinajstić information content (AvgIpc) is 3.31. The van der Waals surface area contributed by atoms with Crippen LogP contribution in [0.15, 0.2) is 52.4 Å². The fraction of sp³-hybridized carbons (Fsp3) is 0.587. The predicted octanol–water partition coefficient (Wildman–Crippen LogP) is 6.04. The summed E-state index contributed by atoms with van der Waals surface area (Å²) in [4.78, 5) is 28.1. The molecule has 1 aromatic carbocycles. The van der Waals surface area contributed by atoms with Crippen molar-refractivity contribution < 1.29 is 38.4 Å². The van der Waals surface area contributed by atoms with E-state index in [0.29, 0.717) is 54.3 Å². The normalized spacial score (nSPS) is 31.8. The van der Waals surface area contributed by atoms with Gasteiger partial charge in [-0.25, -0.2) is 4.79 Å². The smallest absolute Gasteiger partial charge is 0.333 e. The van der Waals surface area contributed by atoms with Crippen molar-refractivity contribution in [1.82, 2.24) is 10.6 Å². The van der Waals surface area contributed by atoms with Gasteiger partial charge in [0.2, 0.25) is 0 Å². The van der Waals surface area contributed by atoms with Crippen molar-refractivity contribution in [3.05, 3.63) is 69.1 Å². The number of nitrogens with one attached hydrogen (secondary N) is 2. The van der Waals surface area contributed by atoms with Crippen LogP contribution in [0.1, 0.15) is 104 Å². The Bertz CT molecular complexity index is 2080. The number of benzene rings is 1. The van der Waals surface area contributed by atoms with Crippen LogP contribution in [-0.4, -0.2) is 72.7 Å². The molecule has 4 heterocycles. The quantitative estimate of drug-likeness (QED) is 0.0745. The van der Waals surface area contributed by atoms with Crippen molar-refractivity contribution in [2.24, 2.45) is 29.4 Å². The Morgan fingerprint density at radius 3 is 2.52 bits per heavy atom. The third-order valence-corrected chi connectivity index (χ3v) is 13.4. The van der Waals surface area contributed by atoms with Crippen LogP contribution < -0.4 is 30.6 Å². The zero-order chi connectivity index (χ0) is 41.9. The van der Waals surface area contributed by atoms with Crippen molar-refractivity contribution in [1.29, 1.82) is 5.26 Å². The van der Waals surface area contributed by atoms with Gasteiger partial charge in [0.1, 0.15) is 35.3 Å². The summed E-state index contributed by atoms with van der Waals surface area (Å²) in [6.07, 6.45) is 12.9. The topological polar surface area (TPSA) is 174 Å². The number of aliphatic hydroxyl groups is 1. The Labute approximate surface area is 342 Å². The lowest BCUT2D eigenvalue weighted by Crippen LogP contribution is -2.80. The van der Waals surface area contributed by atoms with Gasteiger partial charge in [-0.15, -0.1) is 0 Å². The summed E-state index contributed by atoms with van der Waals surface area (Å²) in [5.74, 6) is -0.506. The van der Waals surface area contributed by atoms with Crippen LogP contribution in [0.3, 0.4) is 0 Å². The fourth-order valence-electron chi connectivity index (χ4n) is 10.9. The number of rotatable bonds is 14. The predicted molar refractivity (Wildman–Crippen MR) is 220 cm³/mol. The molecule has 1 aromatic rings. The lowest BCUT2D eigenvalue weighted by Gasteiger charge is -2.66. The maximum atomic E-state index is 15.4. The molecule has 8 unspecified atom stereocenters. The van der Waals surface area contributed by atoms with Crippen LogP contribution in [0.5, 0.6) is 17.2 Å². The van der Waals surface area contributed by atoms with E-state index in [2.05, 4.69) is 75.6 Å². The van der Waals surface area contributed by atoms with Crippen molar-refractivity contribution in [2.75, 3.05) is 33.4 Å². The summed E-state index contributed by atoms with van der Waals surface area (Å²) in [6, 6.07) is 1.83. The summed E-state index contributed by atoms with van der Waals surface area (Å²) in [5, 5.41) is 27.0. The Hall–Kier alpha value is -4.57. The molecule has 8 atom stereocenters. The SMILES string of the molecule is COC(=O)/C(C)=C\CC12OC(C)(C)C3CC(C1=O)C1C(C#N)=C(N)NC4c5c(OCCNCCO)c6c(c(CC=C(C)C)c5OC32C41)OC(C)(CCC=C(C)C)C=C6. The number of nitriles is 1. The summed E-state index contributed by atoms with van der Waals surface area (Å²) in [5.41, 5.74) is 7.99. The van der Waals surface area contributed by atoms with Gasteiger partial charge in [0.15, 0.2) is 17.0 Å². The van der Waals surface area contributed by atoms with Crippen molar-refractivity contribution >= 4 is 17.8 Å². The molecule has 7 aliphatic rings. The average molecular weight is 797 g/mol. The monoisotopic (exact) mass is 796 g/mol. The first-order valence-corrected chi connectivity index (χ1v) is 20.7. The highest BCUT2D eigenvalue weighted by Crippen LogP contribution is 2.75. The van der Waals surface area contributed by atoms with Crippen LogP contribution in [0.25, 0.3) is 6.08 Å². The fourth-order valence-corrected chi connectivity index (χ4v) is 10.9. The lowest BCUT2D eigenvalue weighted by atomic mass is 9.41. The number of carbonyl (C=O) groups is 2. The highest BCUT2D eigenvalue weighted by atomic mass is 16.6. The molecule has 3 aliphatic carbocycles. The van der Waals surface area contributed by atoms with E-state index in [9.17, 15) is 15.2 Å². The standard InChI is InChI=1S/C46H60N4O8/c1-25(2)11-10-16-44(8)17-15-29-37(56-44)28(13-12-26(3)4)39-34(38(29)55-22-20-49-19-21-51)36-35-33(31(24-47)41(48)50-36)30-23-32-43(6,7)58-45(40(30)52,46(32,35)57-39)18-14-27(5)42(53)54-9/h11-12,14-15,17,30,32-33,35-36,49-51H,10,13,16,18-23,48H2,1-9H3/b27-14-. The van der Waals surface area contributed by atoms with Gasteiger partial charge >= 0.3 is 5.97 Å². The number of nitrogens with two attached hydrogens (primary N) is 1. The van der Waals surface area contributed by atoms with E-state index in [0.717, 1.165) is 35.1 Å². The summed E-state index contributed by atoms with van der Waals surface area (Å²) in [6.45, 7) is 17.3. The summed E-state index contributed by atoms with van der Waals surface area (Å²) in [7, 11) is 1.33. The number of fused-ring (bicyclic) bond motifs is 3. The van der Waals surface area contributed by atoms with Gasteiger partial charge in [-0.2, -0.15) is 5.26 Å². The number of Topliss-reactive ketones (excluding diaryl/α,β-unsaturated/α-hetero) is 1. The van der Waals surface area contributed by atoms with Gasteiger partial charge < -0.3 is 45.2 Å². The first-order chi connectivity index (χ1) is 27.5. The highest BCUT2D eigenvalue weighted by Gasteiger charge is 2.86. The van der Waals surface area contributed by atoms with E-state index in [1.54, 1.807) is 13.0 Å². The number of methoxy groups -OCH3 is 1. The molecule has 0 radical (unpaired) electrons.